The second kappa shape index (κ2) is 9.02. The number of carbonyl (C=O) groups excluding carboxylic acids is 3. The molecule has 0 radical (unpaired) electrons. The second-order valence-corrected chi connectivity index (χ2v) is 8.51. The lowest BCUT2D eigenvalue weighted by Crippen LogP contribution is -2.44. The van der Waals surface area contributed by atoms with Crippen LogP contribution in [0.5, 0.6) is 0 Å². The molecule has 4 aromatic rings. The summed E-state index contributed by atoms with van der Waals surface area (Å²) in [6.07, 6.45) is 0. The first-order chi connectivity index (χ1) is 16.9. The van der Waals surface area contributed by atoms with Gasteiger partial charge >= 0.3 is 5.97 Å². The number of anilines is 2. The summed E-state index contributed by atoms with van der Waals surface area (Å²) in [6, 6.07) is 22.1. The predicted octanol–water partition coefficient (Wildman–Crippen LogP) is 4.66. The first-order valence-corrected chi connectivity index (χ1v) is 11.2. The van der Waals surface area contributed by atoms with E-state index in [2.05, 4.69) is 11.4 Å². The van der Waals surface area contributed by atoms with Crippen LogP contribution in [-0.4, -0.2) is 35.9 Å². The quantitative estimate of drug-likeness (QED) is 0.443. The summed E-state index contributed by atoms with van der Waals surface area (Å²) in [7, 11) is 0. The maximum atomic E-state index is 13.2. The Hall–Kier alpha value is -4.52. The molecule has 174 valence electrons. The molecule has 0 saturated heterocycles. The Bertz CT molecular complexity index is 1500. The van der Waals surface area contributed by atoms with E-state index in [4.69, 9.17) is 9.72 Å². The summed E-state index contributed by atoms with van der Waals surface area (Å²) in [5.41, 5.74) is 5.85. The summed E-state index contributed by atoms with van der Waals surface area (Å²) in [4.78, 5) is 44.2. The number of carbonyl (C=O) groups is 3. The molecule has 5 rings (SSSR count). The fourth-order valence-electron chi connectivity index (χ4n) is 4.32. The number of ether oxygens (including phenoxy) is 1. The fraction of sp³-hybridized carbons (Fsp3) is 0.143. The van der Waals surface area contributed by atoms with Crippen LogP contribution in [0, 0.1) is 13.8 Å². The van der Waals surface area contributed by atoms with Crippen molar-refractivity contribution in [3.05, 3.63) is 89.5 Å². The Balaban J connectivity index is 1.43. The number of nitrogens with zero attached hydrogens (tertiary/aromatic N) is 2. The molecule has 1 aromatic heterocycles. The molecule has 1 N–H and O–H groups in total. The van der Waals surface area contributed by atoms with Gasteiger partial charge in [0.2, 0.25) is 5.91 Å². The molecule has 0 fully saturated rings. The molecule has 7 heteroatoms. The van der Waals surface area contributed by atoms with Crippen molar-refractivity contribution in [2.24, 2.45) is 0 Å². The Morgan fingerprint density at radius 3 is 2.60 bits per heavy atom. The zero-order chi connectivity index (χ0) is 24.5. The maximum Gasteiger partial charge on any atom is 0.339 e. The lowest BCUT2D eigenvalue weighted by molar-refractivity contribution is -0.124. The topological polar surface area (TPSA) is 88.6 Å². The highest BCUT2D eigenvalue weighted by atomic mass is 16.5. The average Bonchev–Trinajstić information content (AvgIpc) is 2.85. The van der Waals surface area contributed by atoms with Gasteiger partial charge in [0.1, 0.15) is 6.54 Å². The Labute approximate surface area is 202 Å². The molecule has 35 heavy (non-hydrogen) atoms. The van der Waals surface area contributed by atoms with E-state index in [1.54, 1.807) is 36.4 Å². The van der Waals surface area contributed by atoms with Gasteiger partial charge in [-0.25, -0.2) is 9.78 Å². The van der Waals surface area contributed by atoms with Gasteiger partial charge in [-0.05, 0) is 43.7 Å². The van der Waals surface area contributed by atoms with Crippen molar-refractivity contribution in [1.29, 1.82) is 0 Å². The van der Waals surface area contributed by atoms with Crippen LogP contribution in [0.1, 0.15) is 21.5 Å². The van der Waals surface area contributed by atoms with Crippen LogP contribution >= 0.6 is 0 Å². The van der Waals surface area contributed by atoms with Crippen LogP contribution in [-0.2, 0) is 14.3 Å². The third-order valence-electron chi connectivity index (χ3n) is 5.99. The van der Waals surface area contributed by atoms with E-state index in [1.807, 2.05) is 44.2 Å². The average molecular weight is 466 g/mol. The largest absolute Gasteiger partial charge is 0.452 e. The van der Waals surface area contributed by atoms with Crippen LogP contribution in [0.15, 0.2) is 72.8 Å². The highest BCUT2D eigenvalue weighted by molar-refractivity contribution is 6.11. The molecule has 2 heterocycles. The van der Waals surface area contributed by atoms with Crippen LogP contribution in [0.2, 0.25) is 0 Å². The Kier molecular flexibility index (Phi) is 5.74. The number of pyridine rings is 1. The van der Waals surface area contributed by atoms with E-state index in [-0.39, 0.29) is 12.5 Å². The highest BCUT2D eigenvalue weighted by Gasteiger charge is 2.27. The highest BCUT2D eigenvalue weighted by Crippen LogP contribution is 2.30. The monoisotopic (exact) mass is 465 g/mol. The smallest absolute Gasteiger partial charge is 0.339 e. The van der Waals surface area contributed by atoms with Crippen molar-refractivity contribution < 1.29 is 19.1 Å². The summed E-state index contributed by atoms with van der Waals surface area (Å²) in [5, 5.41) is 3.38. The molecular weight excluding hydrogens is 442 g/mol. The number of esters is 1. The molecule has 0 aliphatic carbocycles. The maximum absolute atomic E-state index is 13.2. The lowest BCUT2D eigenvalue weighted by atomic mass is 9.99. The van der Waals surface area contributed by atoms with Crippen molar-refractivity contribution in [2.45, 2.75) is 13.8 Å². The predicted molar refractivity (Wildman–Crippen MR) is 134 cm³/mol. The number of fused-ring (bicyclic) bond motifs is 2. The van der Waals surface area contributed by atoms with Crippen LogP contribution in [0.25, 0.3) is 22.2 Å². The van der Waals surface area contributed by atoms with Crippen LogP contribution in [0.3, 0.4) is 0 Å². The van der Waals surface area contributed by atoms with Gasteiger partial charge in [-0.3, -0.25) is 14.5 Å². The number of aryl methyl sites for hydroxylation is 2. The molecule has 2 amide bonds. The minimum atomic E-state index is -0.627. The molecule has 0 atom stereocenters. The summed E-state index contributed by atoms with van der Waals surface area (Å²) < 4.78 is 5.45. The number of nitrogens with one attached hydrogen (secondary N) is 1. The normalized spacial score (nSPS) is 12.7. The summed E-state index contributed by atoms with van der Waals surface area (Å²) >= 11 is 0. The minimum absolute atomic E-state index is 0.136. The van der Waals surface area contributed by atoms with E-state index < -0.39 is 18.5 Å². The first-order valence-electron chi connectivity index (χ1n) is 11.2. The van der Waals surface area contributed by atoms with E-state index in [9.17, 15) is 14.4 Å². The van der Waals surface area contributed by atoms with Gasteiger partial charge in [-0.1, -0.05) is 54.1 Å². The number of benzene rings is 3. The van der Waals surface area contributed by atoms with Crippen molar-refractivity contribution in [3.8, 4) is 11.3 Å². The minimum Gasteiger partial charge on any atom is -0.452 e. The van der Waals surface area contributed by atoms with Gasteiger partial charge in [-0.2, -0.15) is 0 Å². The van der Waals surface area contributed by atoms with Gasteiger partial charge in [-0.15, -0.1) is 0 Å². The van der Waals surface area contributed by atoms with Gasteiger partial charge in [0, 0.05) is 10.9 Å². The number of rotatable bonds is 4. The van der Waals surface area contributed by atoms with Crippen molar-refractivity contribution >= 4 is 40.1 Å². The number of hydrogen-bond donors (Lipinski definition) is 1. The van der Waals surface area contributed by atoms with Gasteiger partial charge in [0.25, 0.3) is 5.91 Å². The Morgan fingerprint density at radius 2 is 1.77 bits per heavy atom. The SMILES string of the molecule is Cc1ccc(-c2cc(C(=O)OCC(=O)N3CC(=O)Nc4ccccc43)c3ccccc3n2)c(C)c1. The Morgan fingerprint density at radius 1 is 1.00 bits per heavy atom. The molecule has 0 saturated carbocycles. The standard InChI is InChI=1S/C28H23N3O4/c1-17-11-12-19(18(2)13-17)24-14-21(20-7-3-4-8-22(20)29-24)28(34)35-16-27(33)31-15-26(32)30-23-9-5-6-10-25(23)31/h3-14H,15-16H2,1-2H3,(H,30,32). The molecule has 0 unspecified atom stereocenters. The van der Waals surface area contributed by atoms with Gasteiger partial charge in [0.05, 0.1) is 28.1 Å². The first kappa shape index (κ1) is 22.3. The molecule has 3 aromatic carbocycles. The van der Waals surface area contributed by atoms with Crippen molar-refractivity contribution in [1.82, 2.24) is 4.98 Å². The van der Waals surface area contributed by atoms with Gasteiger partial charge < -0.3 is 10.1 Å². The summed E-state index contributed by atoms with van der Waals surface area (Å²) in [5.74, 6) is -1.41. The second-order valence-electron chi connectivity index (χ2n) is 8.51. The van der Waals surface area contributed by atoms with Crippen LogP contribution in [0.4, 0.5) is 11.4 Å². The van der Waals surface area contributed by atoms with Crippen LogP contribution < -0.4 is 10.2 Å². The number of para-hydroxylation sites is 3. The lowest BCUT2D eigenvalue weighted by Gasteiger charge is -2.28. The molecule has 7 nitrogen and oxygen atoms in total. The van der Waals surface area contributed by atoms with E-state index >= 15 is 0 Å². The third kappa shape index (κ3) is 4.36. The number of aromatic nitrogens is 1. The molecular formula is C28H23N3O4. The summed E-state index contributed by atoms with van der Waals surface area (Å²) in [6.45, 7) is 3.40. The fourth-order valence-corrected chi connectivity index (χ4v) is 4.32. The van der Waals surface area contributed by atoms with Crippen molar-refractivity contribution in [3.63, 3.8) is 0 Å². The zero-order valence-electron chi connectivity index (χ0n) is 19.4. The van der Waals surface area contributed by atoms with Crippen molar-refractivity contribution in [2.75, 3.05) is 23.4 Å². The molecule has 1 aliphatic rings. The van der Waals surface area contributed by atoms with Gasteiger partial charge in [0.15, 0.2) is 6.61 Å². The molecule has 0 bridgehead atoms. The van der Waals surface area contributed by atoms with E-state index in [0.717, 1.165) is 16.7 Å². The van der Waals surface area contributed by atoms with E-state index in [0.29, 0.717) is 33.5 Å². The zero-order valence-corrected chi connectivity index (χ0v) is 19.4. The van der Waals surface area contributed by atoms with E-state index in [1.165, 1.54) is 4.90 Å². The molecule has 0 spiro atoms. The number of amides is 2. The molecule has 1 aliphatic heterocycles. The number of hydrogen-bond acceptors (Lipinski definition) is 5. The third-order valence-corrected chi connectivity index (χ3v) is 5.99.